The van der Waals surface area contributed by atoms with Crippen LogP contribution in [0.4, 0.5) is 0 Å². The molecule has 0 bridgehead atoms. The van der Waals surface area contributed by atoms with Gasteiger partial charge in [-0.3, -0.25) is 18.9 Å². The van der Waals surface area contributed by atoms with E-state index in [0.717, 1.165) is 12.8 Å². The highest BCUT2D eigenvalue weighted by Crippen LogP contribution is 2.66. The molecule has 6 atom stereocenters. The van der Waals surface area contributed by atoms with Gasteiger partial charge in [-0.2, -0.15) is 8.62 Å². The van der Waals surface area contributed by atoms with Crippen LogP contribution >= 0.6 is 23.5 Å². The van der Waals surface area contributed by atoms with Crippen LogP contribution in [0, 0.1) is 0 Å². The van der Waals surface area contributed by atoms with Gasteiger partial charge in [0, 0.05) is 12.2 Å². The highest BCUT2D eigenvalue weighted by atomic mass is 31.3. The van der Waals surface area contributed by atoms with Gasteiger partial charge >= 0.3 is 29.2 Å². The molecule has 194 valence electrons. The number of aromatic amines is 1. The smallest absolute Gasteiger partial charge is 0.387 e. The van der Waals surface area contributed by atoms with E-state index in [1.165, 1.54) is 10.8 Å². The van der Waals surface area contributed by atoms with Crippen molar-refractivity contribution in [3.63, 3.8) is 0 Å². The minimum Gasteiger partial charge on any atom is -0.387 e. The summed E-state index contributed by atoms with van der Waals surface area (Å²) < 4.78 is 52.1. The van der Waals surface area contributed by atoms with Crippen LogP contribution in [0.2, 0.25) is 0 Å². The van der Waals surface area contributed by atoms with Crippen molar-refractivity contribution < 1.29 is 61.4 Å². The minimum absolute atomic E-state index is 0.173. The Morgan fingerprint density at radius 2 is 1.62 bits per heavy atom. The van der Waals surface area contributed by atoms with E-state index in [2.05, 4.69) is 18.1 Å². The van der Waals surface area contributed by atoms with Gasteiger partial charge in [0.1, 0.15) is 24.4 Å². The van der Waals surface area contributed by atoms with Crippen LogP contribution in [0.1, 0.15) is 43.4 Å². The van der Waals surface area contributed by atoms with E-state index in [-0.39, 0.29) is 11.6 Å². The fourth-order valence-corrected chi connectivity index (χ4v) is 6.80. The number of H-pyrrole nitrogens is 1. The minimum atomic E-state index is -5.74. The number of rotatable bonds is 9. The SMILES string of the molecule is O=c1[nH]c(=O)n(C2CCCC2)cc1[C@@H]1O[C@H](COP(=O)(O)OP(=O)(O)OP(=O)(O)O)[C@@H](O)[C@H]1O. The normalized spacial score (nSPS) is 29.7. The Bertz CT molecular complexity index is 1150. The highest BCUT2D eigenvalue weighted by molar-refractivity contribution is 7.66. The molecule has 1 aromatic heterocycles. The van der Waals surface area contributed by atoms with Crippen LogP contribution in [0.15, 0.2) is 15.8 Å². The number of aliphatic hydroxyl groups is 2. The summed E-state index contributed by atoms with van der Waals surface area (Å²) in [7, 11) is -16.8. The first-order chi connectivity index (χ1) is 15.6. The molecule has 1 saturated carbocycles. The van der Waals surface area contributed by atoms with Crippen molar-refractivity contribution in [3.05, 3.63) is 32.6 Å². The summed E-state index contributed by atoms with van der Waals surface area (Å²) in [5.74, 6) is 0. The number of nitrogens with one attached hydrogen (secondary N) is 1. The molecule has 1 aliphatic heterocycles. The molecule has 0 aromatic carbocycles. The lowest BCUT2D eigenvalue weighted by Crippen LogP contribution is -2.37. The van der Waals surface area contributed by atoms with E-state index in [4.69, 9.17) is 19.4 Å². The number of phosphoric ester groups is 1. The van der Waals surface area contributed by atoms with Crippen molar-refractivity contribution in [2.45, 2.75) is 56.1 Å². The lowest BCUT2D eigenvalue weighted by Gasteiger charge is -2.19. The molecule has 20 heteroatoms. The van der Waals surface area contributed by atoms with Crippen molar-refractivity contribution in [1.29, 1.82) is 0 Å². The van der Waals surface area contributed by atoms with Gasteiger partial charge in [-0.25, -0.2) is 18.5 Å². The first-order valence-electron chi connectivity index (χ1n) is 9.74. The number of ether oxygens (including phenoxy) is 1. The fraction of sp³-hybridized carbons (Fsp3) is 0.714. The molecule has 34 heavy (non-hydrogen) atoms. The van der Waals surface area contributed by atoms with Gasteiger partial charge in [-0.05, 0) is 12.8 Å². The first-order valence-corrected chi connectivity index (χ1v) is 14.3. The molecule has 0 amide bonds. The van der Waals surface area contributed by atoms with Crippen LogP contribution in [-0.4, -0.2) is 64.3 Å². The number of aliphatic hydroxyl groups excluding tert-OH is 2. The Hall–Kier alpha value is -1.03. The van der Waals surface area contributed by atoms with Crippen LogP contribution in [0.5, 0.6) is 0 Å². The molecule has 7 N–H and O–H groups in total. The zero-order valence-corrected chi connectivity index (χ0v) is 19.8. The molecule has 1 aromatic rings. The second kappa shape index (κ2) is 10.1. The third kappa shape index (κ3) is 6.80. The number of nitrogens with zero attached hydrogens (tertiary/aromatic N) is 1. The summed E-state index contributed by atoms with van der Waals surface area (Å²) in [6, 6.07) is -0.173. The van der Waals surface area contributed by atoms with Crippen molar-refractivity contribution >= 4 is 23.5 Å². The topological polar surface area (TPSA) is 264 Å². The van der Waals surface area contributed by atoms with Gasteiger partial charge < -0.3 is 34.5 Å². The summed E-state index contributed by atoms with van der Waals surface area (Å²) >= 11 is 0. The molecule has 3 rings (SSSR count). The predicted octanol–water partition coefficient (Wildman–Crippen LogP) is -0.843. The second-order valence-corrected chi connectivity index (χ2v) is 12.1. The van der Waals surface area contributed by atoms with E-state index >= 15 is 0 Å². The van der Waals surface area contributed by atoms with Gasteiger partial charge in [-0.1, -0.05) is 12.8 Å². The highest BCUT2D eigenvalue weighted by Gasteiger charge is 2.47. The second-order valence-electron chi connectivity index (χ2n) is 7.65. The van der Waals surface area contributed by atoms with Crippen molar-refractivity contribution in [3.8, 4) is 0 Å². The number of hydrogen-bond acceptors (Lipinski definition) is 11. The number of phosphoric acid groups is 3. The zero-order valence-electron chi connectivity index (χ0n) is 17.1. The molecule has 17 nitrogen and oxygen atoms in total. The largest absolute Gasteiger partial charge is 0.490 e. The summed E-state index contributed by atoms with van der Waals surface area (Å²) in [5.41, 5.74) is -1.74. The van der Waals surface area contributed by atoms with E-state index in [0.29, 0.717) is 12.8 Å². The molecule has 2 fully saturated rings. The van der Waals surface area contributed by atoms with E-state index < -0.39 is 65.7 Å². The standard InChI is InChI=1S/C14H23N2O15P3/c17-10-9(6-28-33(24,25)31-34(26,27)30-32(21,22)23)29-12(11(10)18)8-5-16(7-3-1-2-4-7)14(20)15-13(8)19/h5,7,9-12,17-18H,1-4,6H2,(H,24,25)(H,26,27)(H,15,19,20)(H2,21,22,23)/t9-,10-,11-,12+/m1/s1. The number of hydrogen-bond donors (Lipinski definition) is 7. The fourth-order valence-electron chi connectivity index (χ4n) is 3.77. The molecule has 2 heterocycles. The Morgan fingerprint density at radius 1 is 1.00 bits per heavy atom. The van der Waals surface area contributed by atoms with Crippen LogP contribution < -0.4 is 11.2 Å². The predicted molar refractivity (Wildman–Crippen MR) is 108 cm³/mol. The van der Waals surface area contributed by atoms with Gasteiger partial charge in [0.05, 0.1) is 12.2 Å². The van der Waals surface area contributed by atoms with E-state index in [1.807, 2.05) is 0 Å². The third-order valence-electron chi connectivity index (χ3n) is 5.20. The first kappa shape index (κ1) is 27.6. The number of aromatic nitrogens is 2. The van der Waals surface area contributed by atoms with Gasteiger partial charge in [0.2, 0.25) is 0 Å². The Morgan fingerprint density at radius 3 is 2.21 bits per heavy atom. The summed E-state index contributed by atoms with van der Waals surface area (Å²) in [6.45, 7) is -1.03. The molecular weight excluding hydrogens is 529 g/mol. The zero-order chi connectivity index (χ0) is 25.5. The lowest BCUT2D eigenvalue weighted by molar-refractivity contribution is -0.0228. The summed E-state index contributed by atoms with van der Waals surface area (Å²) in [5, 5.41) is 20.6. The quantitative estimate of drug-likeness (QED) is 0.184. The Labute approximate surface area is 190 Å². The van der Waals surface area contributed by atoms with E-state index in [1.54, 1.807) is 0 Å². The third-order valence-corrected chi connectivity index (χ3v) is 9.00. The van der Waals surface area contributed by atoms with Crippen molar-refractivity contribution in [2.24, 2.45) is 0 Å². The van der Waals surface area contributed by atoms with Crippen LogP contribution in [0.25, 0.3) is 0 Å². The summed E-state index contributed by atoms with van der Waals surface area (Å²) in [4.78, 5) is 62.3. The maximum Gasteiger partial charge on any atom is 0.490 e. The van der Waals surface area contributed by atoms with Gasteiger partial charge in [-0.15, -0.1) is 0 Å². The van der Waals surface area contributed by atoms with Gasteiger partial charge in [0.15, 0.2) is 0 Å². The molecule has 2 unspecified atom stereocenters. The average molecular weight is 552 g/mol. The van der Waals surface area contributed by atoms with Crippen LogP contribution in [-0.2, 0) is 31.6 Å². The van der Waals surface area contributed by atoms with E-state index in [9.17, 15) is 38.4 Å². The Balaban J connectivity index is 1.72. The van der Waals surface area contributed by atoms with Gasteiger partial charge in [0.25, 0.3) is 5.56 Å². The molecule has 1 saturated heterocycles. The van der Waals surface area contributed by atoms with Crippen molar-refractivity contribution in [1.82, 2.24) is 9.55 Å². The maximum atomic E-state index is 12.3. The monoisotopic (exact) mass is 552 g/mol. The molecular formula is C14H23N2O15P3. The molecule has 0 spiro atoms. The molecule has 1 aliphatic carbocycles. The van der Waals surface area contributed by atoms with Crippen LogP contribution in [0.3, 0.4) is 0 Å². The van der Waals surface area contributed by atoms with Crippen molar-refractivity contribution in [2.75, 3.05) is 6.61 Å². The Kier molecular flexibility index (Phi) is 8.22. The molecule has 0 radical (unpaired) electrons. The average Bonchev–Trinajstić information content (AvgIpc) is 3.28. The summed E-state index contributed by atoms with van der Waals surface area (Å²) in [6.07, 6.45) is -2.16. The maximum absolute atomic E-state index is 12.3. The molecule has 2 aliphatic rings. The lowest BCUT2D eigenvalue weighted by atomic mass is 10.0.